The van der Waals surface area contributed by atoms with Crippen LogP contribution in [0.25, 0.3) is 0 Å². The highest BCUT2D eigenvalue weighted by Gasteiger charge is 2.18. The average Bonchev–Trinajstić information content (AvgIpc) is 2.64. The summed E-state index contributed by atoms with van der Waals surface area (Å²) in [6, 6.07) is 16.1. The summed E-state index contributed by atoms with van der Waals surface area (Å²) in [5.74, 6) is -0.196. The van der Waals surface area contributed by atoms with Gasteiger partial charge in [-0.1, -0.05) is 22.0 Å². The summed E-state index contributed by atoms with van der Waals surface area (Å²) in [5.41, 5.74) is 1.28. The zero-order chi connectivity index (χ0) is 18.5. The molecule has 0 bridgehead atoms. The SMILES string of the molecule is O=C(Cn1cc(Br)ccc1=O)N(Cc1ccccn1)c1ccc(Br)cc1. The van der Waals surface area contributed by atoms with Crippen molar-refractivity contribution in [2.45, 2.75) is 13.1 Å². The van der Waals surface area contributed by atoms with E-state index >= 15 is 0 Å². The van der Waals surface area contributed by atoms with E-state index < -0.39 is 0 Å². The summed E-state index contributed by atoms with van der Waals surface area (Å²) in [5, 5.41) is 0. The first kappa shape index (κ1) is 18.5. The maximum absolute atomic E-state index is 13.0. The largest absolute Gasteiger partial charge is 0.305 e. The van der Waals surface area contributed by atoms with Crippen LogP contribution in [0.2, 0.25) is 0 Å². The van der Waals surface area contributed by atoms with Crippen molar-refractivity contribution in [2.24, 2.45) is 0 Å². The van der Waals surface area contributed by atoms with Gasteiger partial charge in [-0.15, -0.1) is 0 Å². The first-order chi connectivity index (χ1) is 12.5. The molecule has 0 N–H and O–H groups in total. The molecular formula is C19H15Br2N3O2. The minimum absolute atomic E-state index is 0.0544. The van der Waals surface area contributed by atoms with Crippen molar-refractivity contribution in [3.8, 4) is 0 Å². The third-order valence-electron chi connectivity index (χ3n) is 3.74. The van der Waals surface area contributed by atoms with Crippen LogP contribution < -0.4 is 10.5 Å². The lowest BCUT2D eigenvalue weighted by Gasteiger charge is -2.23. The van der Waals surface area contributed by atoms with E-state index in [2.05, 4.69) is 36.8 Å². The van der Waals surface area contributed by atoms with Crippen LogP contribution in [0.1, 0.15) is 5.69 Å². The Kier molecular flexibility index (Phi) is 6.00. The fourth-order valence-corrected chi connectivity index (χ4v) is 3.10. The molecule has 0 saturated carbocycles. The molecular weight excluding hydrogens is 462 g/mol. The molecule has 0 saturated heterocycles. The van der Waals surface area contributed by atoms with E-state index in [9.17, 15) is 9.59 Å². The Morgan fingerprint density at radius 3 is 2.42 bits per heavy atom. The van der Waals surface area contributed by atoms with Gasteiger partial charge < -0.3 is 9.47 Å². The molecule has 3 aromatic rings. The topological polar surface area (TPSA) is 55.2 Å². The lowest BCUT2D eigenvalue weighted by Crippen LogP contribution is -2.36. The van der Waals surface area contributed by atoms with Gasteiger partial charge in [0, 0.05) is 33.1 Å². The minimum Gasteiger partial charge on any atom is -0.305 e. The quantitative estimate of drug-likeness (QED) is 0.559. The van der Waals surface area contributed by atoms with Crippen LogP contribution in [0.15, 0.2) is 80.7 Å². The highest BCUT2D eigenvalue weighted by Crippen LogP contribution is 2.21. The van der Waals surface area contributed by atoms with Gasteiger partial charge in [-0.05, 0) is 58.4 Å². The summed E-state index contributed by atoms with van der Waals surface area (Å²) in [7, 11) is 0. The molecule has 0 unspecified atom stereocenters. The Hall–Kier alpha value is -2.25. The maximum Gasteiger partial charge on any atom is 0.251 e. The zero-order valence-electron chi connectivity index (χ0n) is 13.7. The highest BCUT2D eigenvalue weighted by molar-refractivity contribution is 9.10. The molecule has 0 fully saturated rings. The molecule has 0 spiro atoms. The zero-order valence-corrected chi connectivity index (χ0v) is 16.9. The predicted octanol–water partition coefficient (Wildman–Crippen LogP) is 4.00. The van der Waals surface area contributed by atoms with Crippen LogP contribution >= 0.6 is 31.9 Å². The molecule has 0 aliphatic rings. The number of nitrogens with zero attached hydrogens (tertiary/aromatic N) is 3. The number of aromatic nitrogens is 2. The van der Waals surface area contributed by atoms with Crippen molar-refractivity contribution in [3.63, 3.8) is 0 Å². The third kappa shape index (κ3) is 4.68. The Labute approximate surface area is 167 Å². The number of hydrogen-bond acceptors (Lipinski definition) is 3. The number of anilines is 1. The van der Waals surface area contributed by atoms with E-state index in [0.29, 0.717) is 6.54 Å². The van der Waals surface area contributed by atoms with E-state index in [4.69, 9.17) is 0 Å². The molecule has 5 nitrogen and oxygen atoms in total. The van der Waals surface area contributed by atoms with Crippen molar-refractivity contribution >= 4 is 43.5 Å². The monoisotopic (exact) mass is 475 g/mol. The van der Waals surface area contributed by atoms with E-state index in [1.807, 2.05) is 42.5 Å². The summed E-state index contributed by atoms with van der Waals surface area (Å²) < 4.78 is 3.05. The first-order valence-corrected chi connectivity index (χ1v) is 9.43. The van der Waals surface area contributed by atoms with Crippen LogP contribution in [-0.4, -0.2) is 15.5 Å². The van der Waals surface area contributed by atoms with Crippen molar-refractivity contribution < 1.29 is 4.79 Å². The molecule has 0 radical (unpaired) electrons. The molecule has 0 aliphatic heterocycles. The van der Waals surface area contributed by atoms with Crippen molar-refractivity contribution in [2.75, 3.05) is 4.90 Å². The number of hydrogen-bond donors (Lipinski definition) is 0. The Morgan fingerprint density at radius 2 is 1.73 bits per heavy atom. The van der Waals surface area contributed by atoms with Gasteiger partial charge in [-0.25, -0.2) is 0 Å². The molecule has 1 aromatic carbocycles. The maximum atomic E-state index is 13.0. The van der Waals surface area contributed by atoms with Gasteiger partial charge in [0.2, 0.25) is 5.91 Å². The van der Waals surface area contributed by atoms with Gasteiger partial charge in [-0.2, -0.15) is 0 Å². The standard InChI is InChI=1S/C19H15Br2N3O2/c20-14-4-7-17(8-5-14)24(12-16-3-1-2-10-22-16)19(26)13-23-11-15(21)6-9-18(23)25/h1-11H,12-13H2. The molecule has 2 aromatic heterocycles. The molecule has 0 atom stereocenters. The Balaban J connectivity index is 1.91. The third-order valence-corrected chi connectivity index (χ3v) is 4.74. The second-order valence-corrected chi connectivity index (χ2v) is 7.42. The number of carbonyl (C=O) groups excluding carboxylic acids is 1. The summed E-state index contributed by atoms with van der Waals surface area (Å²) >= 11 is 6.73. The Morgan fingerprint density at radius 1 is 1.00 bits per heavy atom. The number of benzene rings is 1. The molecule has 26 heavy (non-hydrogen) atoms. The van der Waals surface area contributed by atoms with Gasteiger partial charge in [0.1, 0.15) is 6.54 Å². The lowest BCUT2D eigenvalue weighted by atomic mass is 10.2. The predicted molar refractivity (Wildman–Crippen MR) is 108 cm³/mol. The lowest BCUT2D eigenvalue weighted by molar-refractivity contribution is -0.119. The van der Waals surface area contributed by atoms with Crippen LogP contribution in [0.4, 0.5) is 5.69 Å². The van der Waals surface area contributed by atoms with E-state index in [-0.39, 0.29) is 18.0 Å². The van der Waals surface area contributed by atoms with E-state index in [0.717, 1.165) is 20.3 Å². The van der Waals surface area contributed by atoms with Crippen LogP contribution in [-0.2, 0) is 17.9 Å². The van der Waals surface area contributed by atoms with Crippen LogP contribution in [0, 0.1) is 0 Å². The summed E-state index contributed by atoms with van der Waals surface area (Å²) in [4.78, 5) is 30.9. The van der Waals surface area contributed by atoms with E-state index in [1.54, 1.807) is 23.4 Å². The van der Waals surface area contributed by atoms with Crippen LogP contribution in [0.3, 0.4) is 0 Å². The fourth-order valence-electron chi connectivity index (χ4n) is 2.45. The van der Waals surface area contributed by atoms with Gasteiger partial charge in [0.25, 0.3) is 5.56 Å². The molecule has 2 heterocycles. The van der Waals surface area contributed by atoms with Gasteiger partial charge in [0.05, 0.1) is 12.2 Å². The normalized spacial score (nSPS) is 10.5. The summed E-state index contributed by atoms with van der Waals surface area (Å²) in [6.45, 7) is 0.269. The number of rotatable bonds is 5. The molecule has 1 amide bonds. The molecule has 132 valence electrons. The minimum atomic E-state index is -0.227. The second kappa shape index (κ2) is 8.42. The smallest absolute Gasteiger partial charge is 0.251 e. The number of carbonyl (C=O) groups is 1. The Bertz CT molecular complexity index is 957. The van der Waals surface area contributed by atoms with Gasteiger partial charge >= 0.3 is 0 Å². The molecule has 3 rings (SSSR count). The molecule has 0 aliphatic carbocycles. The van der Waals surface area contributed by atoms with Gasteiger partial charge in [-0.3, -0.25) is 14.6 Å². The summed E-state index contributed by atoms with van der Waals surface area (Å²) in [6.07, 6.45) is 3.30. The van der Waals surface area contributed by atoms with Crippen LogP contribution in [0.5, 0.6) is 0 Å². The number of amides is 1. The van der Waals surface area contributed by atoms with E-state index in [1.165, 1.54) is 10.6 Å². The highest BCUT2D eigenvalue weighted by atomic mass is 79.9. The first-order valence-electron chi connectivity index (χ1n) is 7.85. The van der Waals surface area contributed by atoms with Crippen molar-refractivity contribution in [3.05, 3.63) is 92.0 Å². The fraction of sp³-hybridized carbons (Fsp3) is 0.105. The number of pyridine rings is 2. The average molecular weight is 477 g/mol. The van der Waals surface area contributed by atoms with Crippen molar-refractivity contribution in [1.29, 1.82) is 0 Å². The second-order valence-electron chi connectivity index (χ2n) is 5.59. The van der Waals surface area contributed by atoms with Crippen molar-refractivity contribution in [1.82, 2.24) is 9.55 Å². The molecule has 7 heteroatoms. The number of halogens is 2. The van der Waals surface area contributed by atoms with Gasteiger partial charge in [0.15, 0.2) is 0 Å².